The molecule has 1 N–H and O–H groups in total. The summed E-state index contributed by atoms with van der Waals surface area (Å²) in [5, 5.41) is 16.9. The van der Waals surface area contributed by atoms with Gasteiger partial charge in [0.1, 0.15) is 5.69 Å². The van der Waals surface area contributed by atoms with Gasteiger partial charge in [0, 0.05) is 21.6 Å². The molecule has 0 saturated carbocycles. The molecule has 154 valence electrons. The topological polar surface area (TPSA) is 86.6 Å². The van der Waals surface area contributed by atoms with E-state index in [1.807, 2.05) is 60.7 Å². The molecule has 5 rings (SSSR count). The summed E-state index contributed by atoms with van der Waals surface area (Å²) in [6.45, 7) is 0. The molecular weight excluding hydrogens is 418 g/mol. The Hall–Kier alpha value is -3.95. The molecule has 32 heavy (non-hydrogen) atoms. The molecule has 2 atom stereocenters. The van der Waals surface area contributed by atoms with Gasteiger partial charge in [-0.2, -0.15) is 10.4 Å². The van der Waals surface area contributed by atoms with E-state index in [0.717, 1.165) is 21.7 Å². The van der Waals surface area contributed by atoms with Crippen LogP contribution in [-0.2, 0) is 0 Å². The largest absolute Gasteiger partial charge is 0.292 e. The average Bonchev–Trinajstić information content (AvgIpc) is 3.30. The number of hydrogen-bond acceptors (Lipinski definition) is 5. The zero-order valence-electron chi connectivity index (χ0n) is 16.9. The lowest BCUT2D eigenvalue weighted by atomic mass is 9.89. The van der Waals surface area contributed by atoms with E-state index in [0.29, 0.717) is 11.1 Å². The smallest absolute Gasteiger partial charge is 0.208 e. The van der Waals surface area contributed by atoms with Gasteiger partial charge in [0.25, 0.3) is 0 Å². The summed E-state index contributed by atoms with van der Waals surface area (Å²) in [4.78, 5) is 27.5. The van der Waals surface area contributed by atoms with Gasteiger partial charge in [0.05, 0.1) is 17.0 Å². The van der Waals surface area contributed by atoms with Crippen LogP contribution in [0.1, 0.15) is 37.2 Å². The van der Waals surface area contributed by atoms with Gasteiger partial charge in [0.15, 0.2) is 11.7 Å². The van der Waals surface area contributed by atoms with E-state index in [4.69, 9.17) is 0 Å². The third-order valence-corrected chi connectivity index (χ3v) is 6.87. The minimum absolute atomic E-state index is 0.145. The number of benzene rings is 3. The minimum atomic E-state index is -1.46. The Morgan fingerprint density at radius 1 is 0.906 bits per heavy atom. The van der Waals surface area contributed by atoms with Crippen LogP contribution in [-0.4, -0.2) is 21.8 Å². The molecule has 6 heteroatoms. The van der Waals surface area contributed by atoms with Gasteiger partial charge >= 0.3 is 0 Å². The number of rotatable bonds is 5. The standard InChI is InChI=1S/C26H17N3O2S/c27-15-19(24(30)16-9-3-1-4-10-16)25(31)23-21-22(28-29-23)18-13-7-8-14-20(18)32-26(21)17-11-5-2-6-12-17/h1-14,19,26H,(H,28,29). The van der Waals surface area contributed by atoms with Crippen molar-refractivity contribution < 1.29 is 9.59 Å². The summed E-state index contributed by atoms with van der Waals surface area (Å²) in [5.74, 6) is -2.56. The number of hydrogen-bond donors (Lipinski definition) is 1. The van der Waals surface area contributed by atoms with Crippen molar-refractivity contribution in [1.29, 1.82) is 5.26 Å². The number of thioether (sulfide) groups is 1. The number of nitrogens with zero attached hydrogens (tertiary/aromatic N) is 2. The number of nitrogens with one attached hydrogen (secondary N) is 1. The molecule has 0 aliphatic carbocycles. The molecule has 0 fully saturated rings. The molecule has 1 aromatic heterocycles. The lowest BCUT2D eigenvalue weighted by molar-refractivity contribution is 0.0842. The van der Waals surface area contributed by atoms with Crippen LogP contribution in [0.3, 0.4) is 0 Å². The highest BCUT2D eigenvalue weighted by Crippen LogP contribution is 2.52. The lowest BCUT2D eigenvalue weighted by Crippen LogP contribution is -2.24. The van der Waals surface area contributed by atoms with E-state index < -0.39 is 17.5 Å². The Morgan fingerprint density at radius 3 is 2.28 bits per heavy atom. The summed E-state index contributed by atoms with van der Waals surface area (Å²) in [5.41, 5.74) is 3.91. The first kappa shape index (κ1) is 20.0. The maximum Gasteiger partial charge on any atom is 0.208 e. The normalized spacial score (nSPS) is 15.2. The monoisotopic (exact) mass is 435 g/mol. The van der Waals surface area contributed by atoms with Gasteiger partial charge < -0.3 is 0 Å². The van der Waals surface area contributed by atoms with Gasteiger partial charge in [-0.3, -0.25) is 14.7 Å². The predicted octanol–water partition coefficient (Wildman–Crippen LogP) is 5.48. The molecule has 3 aromatic carbocycles. The van der Waals surface area contributed by atoms with Gasteiger partial charge in [-0.05, 0) is 11.6 Å². The molecule has 2 unspecified atom stereocenters. The second kappa shape index (κ2) is 8.29. The first-order chi connectivity index (χ1) is 15.7. The average molecular weight is 436 g/mol. The molecule has 1 aliphatic heterocycles. The number of Topliss-reactive ketones (excluding diaryl/α,β-unsaturated/α-hetero) is 2. The summed E-state index contributed by atoms with van der Waals surface area (Å²) in [7, 11) is 0. The zero-order valence-corrected chi connectivity index (χ0v) is 17.7. The highest BCUT2D eigenvalue weighted by molar-refractivity contribution is 8.00. The fourth-order valence-electron chi connectivity index (χ4n) is 3.97. The zero-order chi connectivity index (χ0) is 22.1. The van der Waals surface area contributed by atoms with Crippen LogP contribution in [0.5, 0.6) is 0 Å². The highest BCUT2D eigenvalue weighted by Gasteiger charge is 2.38. The van der Waals surface area contributed by atoms with E-state index in [-0.39, 0.29) is 10.9 Å². The molecule has 5 nitrogen and oxygen atoms in total. The van der Waals surface area contributed by atoms with Crippen molar-refractivity contribution in [2.24, 2.45) is 5.92 Å². The van der Waals surface area contributed by atoms with Crippen molar-refractivity contribution in [2.45, 2.75) is 10.1 Å². The van der Waals surface area contributed by atoms with E-state index in [1.165, 1.54) is 0 Å². The number of ketones is 2. The first-order valence-electron chi connectivity index (χ1n) is 10.1. The van der Waals surface area contributed by atoms with E-state index in [1.54, 1.807) is 42.1 Å². The molecule has 0 bridgehead atoms. The Labute approximate surface area is 189 Å². The van der Waals surface area contributed by atoms with Crippen molar-refractivity contribution in [3.05, 3.63) is 107 Å². The van der Waals surface area contributed by atoms with Gasteiger partial charge in [-0.1, -0.05) is 78.9 Å². The number of aromatic nitrogens is 2. The second-order valence-electron chi connectivity index (χ2n) is 7.42. The summed E-state index contributed by atoms with van der Waals surface area (Å²) < 4.78 is 0. The Balaban J connectivity index is 1.63. The number of carbonyl (C=O) groups excluding carboxylic acids is 2. The molecule has 0 amide bonds. The van der Waals surface area contributed by atoms with Crippen molar-refractivity contribution >= 4 is 23.3 Å². The fourth-order valence-corrected chi connectivity index (χ4v) is 5.31. The van der Waals surface area contributed by atoms with Crippen LogP contribution in [0.4, 0.5) is 0 Å². The van der Waals surface area contributed by atoms with Crippen molar-refractivity contribution in [2.75, 3.05) is 0 Å². The number of nitriles is 1. The summed E-state index contributed by atoms with van der Waals surface area (Å²) >= 11 is 1.63. The molecular formula is C26H17N3O2S. The van der Waals surface area contributed by atoms with Crippen molar-refractivity contribution in [3.63, 3.8) is 0 Å². The van der Waals surface area contributed by atoms with Crippen LogP contribution in [0.25, 0.3) is 11.3 Å². The van der Waals surface area contributed by atoms with Crippen LogP contribution in [0.2, 0.25) is 0 Å². The Kier molecular flexibility index (Phi) is 5.18. The fraction of sp³-hybridized carbons (Fsp3) is 0.0769. The molecule has 4 aromatic rings. The SMILES string of the molecule is N#CC(C(=O)c1ccccc1)C(=O)c1n[nH]c2c1C(c1ccccc1)Sc1ccccc1-2. The molecule has 2 heterocycles. The highest BCUT2D eigenvalue weighted by atomic mass is 32.2. The maximum atomic E-state index is 13.5. The van der Waals surface area contributed by atoms with Gasteiger partial charge in [0.2, 0.25) is 5.78 Å². The Bertz CT molecular complexity index is 1360. The molecule has 1 aliphatic rings. The molecule has 0 spiro atoms. The summed E-state index contributed by atoms with van der Waals surface area (Å²) in [6, 6.07) is 28.1. The second-order valence-corrected chi connectivity index (χ2v) is 8.57. The number of carbonyl (C=O) groups is 2. The number of fused-ring (bicyclic) bond motifs is 3. The lowest BCUT2D eigenvalue weighted by Gasteiger charge is -2.25. The van der Waals surface area contributed by atoms with Crippen molar-refractivity contribution in [3.8, 4) is 17.3 Å². The number of aromatic amines is 1. The van der Waals surface area contributed by atoms with E-state index >= 15 is 0 Å². The van der Waals surface area contributed by atoms with Crippen LogP contribution in [0.15, 0.2) is 89.8 Å². The van der Waals surface area contributed by atoms with E-state index in [9.17, 15) is 14.9 Å². The first-order valence-corrected chi connectivity index (χ1v) is 11.0. The van der Waals surface area contributed by atoms with Gasteiger partial charge in [-0.15, -0.1) is 11.8 Å². The Morgan fingerprint density at radius 2 is 1.56 bits per heavy atom. The molecule has 0 radical (unpaired) electrons. The minimum Gasteiger partial charge on any atom is -0.292 e. The number of H-pyrrole nitrogens is 1. The predicted molar refractivity (Wildman–Crippen MR) is 122 cm³/mol. The maximum absolute atomic E-state index is 13.5. The third kappa shape index (κ3) is 3.33. The van der Waals surface area contributed by atoms with Gasteiger partial charge in [-0.25, -0.2) is 0 Å². The van der Waals surface area contributed by atoms with Crippen LogP contribution < -0.4 is 0 Å². The van der Waals surface area contributed by atoms with Crippen LogP contribution >= 0.6 is 11.8 Å². The third-order valence-electron chi connectivity index (χ3n) is 5.51. The van der Waals surface area contributed by atoms with Crippen molar-refractivity contribution in [1.82, 2.24) is 10.2 Å². The van der Waals surface area contributed by atoms with E-state index in [2.05, 4.69) is 10.2 Å². The molecule has 0 saturated heterocycles. The summed E-state index contributed by atoms with van der Waals surface area (Å²) in [6.07, 6.45) is 0. The quantitative estimate of drug-likeness (QED) is 0.331. The van der Waals surface area contributed by atoms with Crippen LogP contribution in [0, 0.1) is 17.2 Å².